The van der Waals surface area contributed by atoms with E-state index in [-0.39, 0.29) is 6.10 Å². The number of rotatable bonds is 3. The maximum atomic E-state index is 9.56. The maximum Gasteiger partial charge on any atom is 0.0541 e. The Hall–Kier alpha value is -0.860. The van der Waals surface area contributed by atoms with Gasteiger partial charge >= 0.3 is 0 Å². The second-order valence-electron chi connectivity index (χ2n) is 6.28. The zero-order valence-electron chi connectivity index (χ0n) is 11.9. The van der Waals surface area contributed by atoms with E-state index in [2.05, 4.69) is 30.4 Å². The number of aryl methyl sites for hydroxylation is 2. The highest BCUT2D eigenvalue weighted by Gasteiger charge is 2.21. The molecule has 2 aliphatic carbocycles. The topological polar surface area (TPSA) is 32.3 Å². The number of nitrogens with one attached hydrogen (secondary N) is 1. The van der Waals surface area contributed by atoms with Gasteiger partial charge in [-0.15, -0.1) is 0 Å². The number of hydrogen-bond acceptors (Lipinski definition) is 2. The van der Waals surface area contributed by atoms with Gasteiger partial charge in [0.2, 0.25) is 0 Å². The molecule has 2 heteroatoms. The molecule has 3 rings (SSSR count). The highest BCUT2D eigenvalue weighted by atomic mass is 16.3. The minimum absolute atomic E-state index is 0.0617. The van der Waals surface area contributed by atoms with Crippen LogP contribution >= 0.6 is 0 Å². The Kier molecular flexibility index (Phi) is 3.90. The molecule has 104 valence electrons. The summed E-state index contributed by atoms with van der Waals surface area (Å²) in [6, 6.07) is 8.01. The third-order valence-electron chi connectivity index (χ3n) is 4.80. The van der Waals surface area contributed by atoms with Gasteiger partial charge in [0.25, 0.3) is 0 Å². The van der Waals surface area contributed by atoms with Crippen molar-refractivity contribution in [2.45, 2.75) is 70.1 Å². The summed E-state index contributed by atoms with van der Waals surface area (Å²) in [6.07, 6.45) is 7.90. The largest absolute Gasteiger partial charge is 0.393 e. The number of aliphatic hydroxyl groups is 1. The predicted octanol–water partition coefficient (Wildman–Crippen LogP) is 3.13. The summed E-state index contributed by atoms with van der Waals surface area (Å²) in [7, 11) is 0. The van der Waals surface area contributed by atoms with E-state index in [0.717, 1.165) is 25.7 Å². The van der Waals surface area contributed by atoms with Crippen LogP contribution in [0.15, 0.2) is 18.2 Å². The van der Waals surface area contributed by atoms with Crippen LogP contribution in [0.1, 0.15) is 61.8 Å². The monoisotopic (exact) mass is 259 g/mol. The van der Waals surface area contributed by atoms with Gasteiger partial charge < -0.3 is 10.4 Å². The van der Waals surface area contributed by atoms with Crippen molar-refractivity contribution in [1.82, 2.24) is 5.32 Å². The van der Waals surface area contributed by atoms with Crippen LogP contribution in [0.25, 0.3) is 0 Å². The molecule has 0 saturated heterocycles. The lowest BCUT2D eigenvalue weighted by atomic mass is 9.92. The molecule has 1 aromatic carbocycles. The van der Waals surface area contributed by atoms with E-state index in [4.69, 9.17) is 0 Å². The summed E-state index contributed by atoms with van der Waals surface area (Å²) < 4.78 is 0. The first-order valence-corrected chi connectivity index (χ1v) is 7.78. The van der Waals surface area contributed by atoms with Crippen molar-refractivity contribution in [2.75, 3.05) is 0 Å². The van der Waals surface area contributed by atoms with Crippen LogP contribution in [0.2, 0.25) is 0 Å². The zero-order valence-corrected chi connectivity index (χ0v) is 11.9. The van der Waals surface area contributed by atoms with Crippen molar-refractivity contribution in [1.29, 1.82) is 0 Å². The molecule has 0 amide bonds. The summed E-state index contributed by atoms with van der Waals surface area (Å²) >= 11 is 0. The Bertz CT molecular complexity index is 435. The minimum atomic E-state index is -0.0617. The predicted molar refractivity (Wildman–Crippen MR) is 78.3 cm³/mol. The van der Waals surface area contributed by atoms with Crippen molar-refractivity contribution >= 4 is 0 Å². The molecule has 2 N–H and O–H groups in total. The lowest BCUT2D eigenvalue weighted by Crippen LogP contribution is -2.36. The standard InChI is InChI=1S/C17H25NO/c1-12(18-16-7-9-17(19)10-8-16)14-6-5-13-3-2-4-15(13)11-14/h5-6,11-12,16-19H,2-4,7-10H2,1H3. The summed E-state index contributed by atoms with van der Waals surface area (Å²) in [4.78, 5) is 0. The molecule has 1 saturated carbocycles. The molecule has 1 unspecified atom stereocenters. The van der Waals surface area contributed by atoms with Gasteiger partial charge in [0.1, 0.15) is 0 Å². The van der Waals surface area contributed by atoms with Gasteiger partial charge in [0, 0.05) is 12.1 Å². The van der Waals surface area contributed by atoms with Gasteiger partial charge in [-0.25, -0.2) is 0 Å². The average Bonchev–Trinajstić information content (AvgIpc) is 2.88. The Morgan fingerprint density at radius 1 is 1.11 bits per heavy atom. The molecule has 0 aromatic heterocycles. The van der Waals surface area contributed by atoms with Gasteiger partial charge in [0.15, 0.2) is 0 Å². The van der Waals surface area contributed by atoms with Gasteiger partial charge in [-0.1, -0.05) is 18.2 Å². The van der Waals surface area contributed by atoms with Gasteiger partial charge in [-0.3, -0.25) is 0 Å². The second-order valence-corrected chi connectivity index (χ2v) is 6.28. The van der Waals surface area contributed by atoms with E-state index in [9.17, 15) is 5.11 Å². The molecule has 1 aromatic rings. The first kappa shape index (κ1) is 13.1. The normalized spacial score (nSPS) is 28.1. The van der Waals surface area contributed by atoms with Crippen LogP contribution in [0.4, 0.5) is 0 Å². The molecule has 2 aliphatic rings. The quantitative estimate of drug-likeness (QED) is 0.874. The van der Waals surface area contributed by atoms with Crippen molar-refractivity contribution in [2.24, 2.45) is 0 Å². The molecule has 19 heavy (non-hydrogen) atoms. The lowest BCUT2D eigenvalue weighted by Gasteiger charge is -2.29. The van der Waals surface area contributed by atoms with E-state index < -0.39 is 0 Å². The molecule has 2 nitrogen and oxygen atoms in total. The Balaban J connectivity index is 1.62. The van der Waals surface area contributed by atoms with E-state index in [1.54, 1.807) is 11.1 Å². The van der Waals surface area contributed by atoms with Crippen molar-refractivity contribution in [3.05, 3.63) is 34.9 Å². The molecule has 0 heterocycles. The third-order valence-corrected chi connectivity index (χ3v) is 4.80. The molecule has 1 atom stereocenters. The maximum absolute atomic E-state index is 9.56. The van der Waals surface area contributed by atoms with Crippen molar-refractivity contribution in [3.63, 3.8) is 0 Å². The molecule has 1 fully saturated rings. The van der Waals surface area contributed by atoms with Crippen LogP contribution in [-0.4, -0.2) is 17.3 Å². The first-order chi connectivity index (χ1) is 9.22. The smallest absolute Gasteiger partial charge is 0.0541 e. The second kappa shape index (κ2) is 5.64. The first-order valence-electron chi connectivity index (χ1n) is 7.78. The van der Waals surface area contributed by atoms with Gasteiger partial charge in [-0.05, 0) is 68.6 Å². The van der Waals surface area contributed by atoms with E-state index in [1.165, 1.54) is 24.8 Å². The van der Waals surface area contributed by atoms with Gasteiger partial charge in [-0.2, -0.15) is 0 Å². The van der Waals surface area contributed by atoms with Crippen LogP contribution < -0.4 is 5.32 Å². The molecule has 0 radical (unpaired) electrons. The lowest BCUT2D eigenvalue weighted by molar-refractivity contribution is 0.114. The summed E-state index contributed by atoms with van der Waals surface area (Å²) in [5, 5.41) is 13.3. The highest BCUT2D eigenvalue weighted by Crippen LogP contribution is 2.27. The SMILES string of the molecule is CC(NC1CCC(O)CC1)c1ccc2c(c1)CCC2. The molecular formula is C17H25NO. The van der Waals surface area contributed by atoms with Crippen LogP contribution in [0.5, 0.6) is 0 Å². The van der Waals surface area contributed by atoms with Crippen LogP contribution in [0.3, 0.4) is 0 Å². The fraction of sp³-hybridized carbons (Fsp3) is 0.647. The molecule has 0 bridgehead atoms. The Labute approximate surface area is 116 Å². The van der Waals surface area contributed by atoms with Gasteiger partial charge in [0.05, 0.1) is 6.10 Å². The zero-order chi connectivity index (χ0) is 13.2. The molecule has 0 spiro atoms. The van der Waals surface area contributed by atoms with Crippen LogP contribution in [0, 0.1) is 0 Å². The van der Waals surface area contributed by atoms with Crippen molar-refractivity contribution < 1.29 is 5.11 Å². The van der Waals surface area contributed by atoms with Crippen molar-refractivity contribution in [3.8, 4) is 0 Å². The fourth-order valence-corrected chi connectivity index (χ4v) is 3.55. The number of fused-ring (bicyclic) bond motifs is 1. The summed E-state index contributed by atoms with van der Waals surface area (Å²) in [5.41, 5.74) is 4.54. The van der Waals surface area contributed by atoms with Crippen LogP contribution in [-0.2, 0) is 12.8 Å². The number of benzene rings is 1. The third kappa shape index (κ3) is 3.01. The van der Waals surface area contributed by atoms with E-state index in [0.29, 0.717) is 12.1 Å². The number of aliphatic hydroxyl groups excluding tert-OH is 1. The average molecular weight is 259 g/mol. The minimum Gasteiger partial charge on any atom is -0.393 e. The fourth-order valence-electron chi connectivity index (χ4n) is 3.55. The summed E-state index contributed by atoms with van der Waals surface area (Å²) in [6.45, 7) is 2.27. The summed E-state index contributed by atoms with van der Waals surface area (Å²) in [5.74, 6) is 0. The number of hydrogen-bond donors (Lipinski definition) is 2. The highest BCUT2D eigenvalue weighted by molar-refractivity contribution is 5.36. The molecular weight excluding hydrogens is 234 g/mol. The van der Waals surface area contributed by atoms with E-state index in [1.807, 2.05) is 0 Å². The Morgan fingerprint density at radius 3 is 2.63 bits per heavy atom. The Morgan fingerprint density at radius 2 is 1.84 bits per heavy atom. The van der Waals surface area contributed by atoms with E-state index >= 15 is 0 Å². The molecule has 0 aliphatic heterocycles.